The van der Waals surface area contributed by atoms with Crippen LogP contribution in [0.2, 0.25) is 0 Å². The van der Waals surface area contributed by atoms with Gasteiger partial charge in [-0.05, 0) is 37.6 Å². The smallest absolute Gasteiger partial charge is 0.250 e. The number of nitrogen functional groups attached to an aromatic ring is 1. The number of allylic oxidation sites excluding steroid dienone is 2. The second-order valence-corrected chi connectivity index (χ2v) is 6.02. The molecule has 3 rings (SSSR count). The number of hydrogen-bond donors (Lipinski definition) is 3. The lowest BCUT2D eigenvalue weighted by Crippen LogP contribution is -2.33. The lowest BCUT2D eigenvalue weighted by Gasteiger charge is -2.22. The minimum absolute atomic E-state index is 0.292. The maximum Gasteiger partial charge on any atom is 0.250 e. The van der Waals surface area contributed by atoms with Crippen LogP contribution in [-0.2, 0) is 0 Å². The fourth-order valence-electron chi connectivity index (χ4n) is 2.90. The van der Waals surface area contributed by atoms with Crippen molar-refractivity contribution in [1.82, 2.24) is 5.32 Å². The molecule has 0 aromatic heterocycles. The summed E-state index contributed by atoms with van der Waals surface area (Å²) in [7, 11) is 0. The summed E-state index contributed by atoms with van der Waals surface area (Å²) >= 11 is 0. The van der Waals surface area contributed by atoms with E-state index in [0.29, 0.717) is 28.4 Å². The first-order valence-electron chi connectivity index (χ1n) is 8.29. The van der Waals surface area contributed by atoms with Gasteiger partial charge in [-0.15, -0.1) is 0 Å². The molecule has 1 aromatic rings. The van der Waals surface area contributed by atoms with Gasteiger partial charge in [0.05, 0.1) is 17.5 Å². The number of primary amides is 1. The topological polar surface area (TPSA) is 106 Å². The highest BCUT2D eigenvalue weighted by Gasteiger charge is 2.17. The molecule has 25 heavy (non-hydrogen) atoms. The number of piperidine rings is 1. The number of benzene rings is 1. The van der Waals surface area contributed by atoms with E-state index < -0.39 is 5.91 Å². The van der Waals surface area contributed by atoms with Crippen LogP contribution in [0.1, 0.15) is 28.8 Å². The molecule has 0 bridgehead atoms. The van der Waals surface area contributed by atoms with Crippen molar-refractivity contribution in [3.05, 3.63) is 59.1 Å². The Kier molecular flexibility index (Phi) is 5.23. The van der Waals surface area contributed by atoms with Crippen LogP contribution in [0.4, 0.5) is 5.69 Å². The summed E-state index contributed by atoms with van der Waals surface area (Å²) in [6.45, 7) is 2.02. The van der Waals surface area contributed by atoms with Crippen LogP contribution < -0.4 is 16.8 Å². The van der Waals surface area contributed by atoms with E-state index in [1.54, 1.807) is 30.6 Å². The van der Waals surface area contributed by atoms with E-state index in [2.05, 4.69) is 21.0 Å². The maximum absolute atomic E-state index is 11.4. The van der Waals surface area contributed by atoms with Crippen molar-refractivity contribution in [2.45, 2.75) is 12.8 Å². The lowest BCUT2D eigenvalue weighted by atomic mass is 9.94. The van der Waals surface area contributed by atoms with Crippen molar-refractivity contribution in [3.63, 3.8) is 0 Å². The normalized spacial score (nSPS) is 20.2. The van der Waals surface area contributed by atoms with Crippen LogP contribution in [0.3, 0.4) is 0 Å². The summed E-state index contributed by atoms with van der Waals surface area (Å²) in [6, 6.07) is 5.10. The zero-order valence-electron chi connectivity index (χ0n) is 13.9. The largest absolute Gasteiger partial charge is 0.398 e. The Morgan fingerprint density at radius 1 is 1.40 bits per heavy atom. The molecule has 1 fully saturated rings. The van der Waals surface area contributed by atoms with Crippen LogP contribution in [0.15, 0.2) is 58.0 Å². The van der Waals surface area contributed by atoms with Gasteiger partial charge in [0, 0.05) is 30.0 Å². The van der Waals surface area contributed by atoms with Gasteiger partial charge < -0.3 is 16.8 Å². The van der Waals surface area contributed by atoms with E-state index in [4.69, 9.17) is 11.5 Å². The molecule has 6 nitrogen and oxygen atoms in total. The highest BCUT2D eigenvalue weighted by atomic mass is 16.1. The van der Waals surface area contributed by atoms with Crippen molar-refractivity contribution >= 4 is 23.5 Å². The van der Waals surface area contributed by atoms with Crippen molar-refractivity contribution in [3.8, 4) is 0 Å². The average Bonchev–Trinajstić information content (AvgIpc) is 2.87. The Balaban J connectivity index is 1.74. The quantitative estimate of drug-likeness (QED) is 0.444. The van der Waals surface area contributed by atoms with E-state index in [1.807, 2.05) is 12.2 Å². The minimum Gasteiger partial charge on any atom is -0.398 e. The van der Waals surface area contributed by atoms with Crippen molar-refractivity contribution in [2.75, 3.05) is 18.8 Å². The number of anilines is 1. The monoisotopic (exact) mass is 335 g/mol. The third kappa shape index (κ3) is 4.12. The zero-order chi connectivity index (χ0) is 17.6. The van der Waals surface area contributed by atoms with Crippen molar-refractivity contribution in [1.29, 1.82) is 0 Å². The molecule has 1 amide bonds. The molecule has 6 heteroatoms. The summed E-state index contributed by atoms with van der Waals surface area (Å²) < 4.78 is 0. The highest BCUT2D eigenvalue weighted by molar-refractivity contribution is 6.02. The van der Waals surface area contributed by atoms with E-state index in [-0.39, 0.29) is 0 Å². The van der Waals surface area contributed by atoms with Crippen LogP contribution in [-0.4, -0.2) is 30.9 Å². The summed E-state index contributed by atoms with van der Waals surface area (Å²) in [5.41, 5.74) is 17.3. The van der Waals surface area contributed by atoms with Gasteiger partial charge in [0.25, 0.3) is 5.91 Å². The highest BCUT2D eigenvalue weighted by Crippen LogP contribution is 2.17. The first kappa shape index (κ1) is 16.9. The van der Waals surface area contributed by atoms with E-state index >= 15 is 0 Å². The Hall–Kier alpha value is -2.95. The zero-order valence-corrected chi connectivity index (χ0v) is 13.9. The first-order valence-corrected chi connectivity index (χ1v) is 8.29. The third-order valence-corrected chi connectivity index (χ3v) is 4.30. The van der Waals surface area contributed by atoms with Crippen LogP contribution in [0.25, 0.3) is 0 Å². The SMILES string of the molecule is NC(=O)c1cccc(C=NC2=C=CN=C([C@@H]3CCCNC3)C=C2)c1N. The Morgan fingerprint density at radius 2 is 2.28 bits per heavy atom. The molecule has 128 valence electrons. The van der Waals surface area contributed by atoms with E-state index in [0.717, 1.165) is 31.6 Å². The number of hydrogen-bond acceptors (Lipinski definition) is 5. The number of nitrogens with one attached hydrogen (secondary N) is 1. The summed E-state index contributed by atoms with van der Waals surface area (Å²) in [5, 5.41) is 3.39. The Morgan fingerprint density at radius 3 is 3.04 bits per heavy atom. The van der Waals surface area contributed by atoms with Crippen molar-refractivity contribution in [2.24, 2.45) is 21.6 Å². The Labute approximate surface area is 146 Å². The molecule has 0 radical (unpaired) electrons. The van der Waals surface area contributed by atoms with Gasteiger partial charge in [-0.3, -0.25) is 9.79 Å². The number of carbonyl (C=O) groups is 1. The average molecular weight is 335 g/mol. The second-order valence-electron chi connectivity index (χ2n) is 6.02. The number of aliphatic imine (C=N–C) groups is 2. The second kappa shape index (κ2) is 7.75. The molecule has 0 saturated carbocycles. The molecule has 2 aliphatic rings. The van der Waals surface area contributed by atoms with Gasteiger partial charge in [0.1, 0.15) is 5.70 Å². The number of carbonyl (C=O) groups excluding carboxylic acids is 1. The van der Waals surface area contributed by atoms with Gasteiger partial charge in [-0.25, -0.2) is 4.99 Å². The predicted molar refractivity (Wildman–Crippen MR) is 101 cm³/mol. The number of rotatable bonds is 4. The Bertz CT molecular complexity index is 822. The van der Waals surface area contributed by atoms with Gasteiger partial charge in [-0.1, -0.05) is 17.9 Å². The molecule has 1 atom stereocenters. The summed E-state index contributed by atoms with van der Waals surface area (Å²) in [4.78, 5) is 20.2. The first-order chi connectivity index (χ1) is 12.1. The molecule has 2 heterocycles. The molecular weight excluding hydrogens is 314 g/mol. The summed E-state index contributed by atoms with van der Waals surface area (Å²) in [6.07, 6.45) is 9.44. The number of nitrogens with two attached hydrogens (primary N) is 2. The molecule has 1 aromatic carbocycles. The van der Waals surface area contributed by atoms with Gasteiger partial charge >= 0.3 is 0 Å². The van der Waals surface area contributed by atoms with Gasteiger partial charge in [0.15, 0.2) is 0 Å². The van der Waals surface area contributed by atoms with E-state index in [9.17, 15) is 4.79 Å². The van der Waals surface area contributed by atoms with Crippen molar-refractivity contribution < 1.29 is 4.79 Å². The lowest BCUT2D eigenvalue weighted by molar-refractivity contribution is 0.100. The molecule has 0 unspecified atom stereocenters. The van der Waals surface area contributed by atoms with Gasteiger partial charge in [-0.2, -0.15) is 0 Å². The fourth-order valence-corrected chi connectivity index (χ4v) is 2.90. The minimum atomic E-state index is -0.555. The molecule has 0 aliphatic carbocycles. The van der Waals surface area contributed by atoms with Gasteiger partial charge in [0.2, 0.25) is 0 Å². The molecule has 2 aliphatic heterocycles. The number of amides is 1. The summed E-state index contributed by atoms with van der Waals surface area (Å²) in [5.74, 6) is -0.130. The maximum atomic E-state index is 11.4. The molecular formula is C19H21N5O. The molecule has 0 spiro atoms. The molecule has 5 N–H and O–H groups in total. The van der Waals surface area contributed by atoms with Crippen LogP contribution in [0.5, 0.6) is 0 Å². The fraction of sp³-hybridized carbons (Fsp3) is 0.263. The van der Waals surface area contributed by atoms with Crippen LogP contribution >= 0.6 is 0 Å². The number of para-hydroxylation sites is 1. The van der Waals surface area contributed by atoms with E-state index in [1.165, 1.54) is 0 Å². The van der Waals surface area contributed by atoms with Crippen LogP contribution in [0, 0.1) is 5.92 Å². The molecule has 1 saturated heterocycles. The third-order valence-electron chi connectivity index (χ3n) is 4.30. The number of nitrogens with zero attached hydrogens (tertiary/aromatic N) is 2. The standard InChI is InChI=1S/C19H21N5O/c20-18-14(3-1-5-16(18)19(21)25)12-24-15-6-7-17(23-10-8-15)13-4-2-9-22-11-13/h1,3,5-7,10,12-13,22H,2,4,9,11,20H2,(H2,21,25)/t13-/m1/s1. The predicted octanol–water partition coefficient (Wildman–Crippen LogP) is 1.79.